The molecule has 0 fully saturated rings. The van der Waals surface area contributed by atoms with Gasteiger partial charge >= 0.3 is 0 Å². The Hall–Kier alpha value is -0.860. The molecule has 0 saturated carbocycles. The zero-order valence-corrected chi connectivity index (χ0v) is 13.8. The number of aryl methyl sites for hydroxylation is 1. The monoisotopic (exact) mass is 277 g/mol. The Morgan fingerprint density at radius 3 is 2.55 bits per heavy atom. The van der Waals surface area contributed by atoms with Gasteiger partial charge in [0.2, 0.25) is 0 Å². The lowest BCUT2D eigenvalue weighted by Crippen LogP contribution is -2.30. The van der Waals surface area contributed by atoms with Crippen LogP contribution < -0.4 is 5.32 Å². The van der Waals surface area contributed by atoms with E-state index in [2.05, 4.69) is 64.2 Å². The first-order valence-corrected chi connectivity index (χ1v) is 7.94. The number of hydrogen-bond donors (Lipinski definition) is 1. The Bertz CT molecular complexity index is 375. The molecule has 1 N–H and O–H groups in total. The number of ether oxygens (including phenoxy) is 1. The molecule has 114 valence electrons. The second-order valence-electron chi connectivity index (χ2n) is 6.19. The summed E-state index contributed by atoms with van der Waals surface area (Å²) < 4.78 is 6.19. The van der Waals surface area contributed by atoms with Gasteiger partial charge < -0.3 is 10.1 Å². The molecule has 2 heteroatoms. The van der Waals surface area contributed by atoms with Crippen molar-refractivity contribution in [3.05, 3.63) is 35.4 Å². The molecule has 2 unspecified atom stereocenters. The maximum absolute atomic E-state index is 6.19. The lowest BCUT2D eigenvalue weighted by atomic mass is 10.0. The maximum atomic E-state index is 6.19. The van der Waals surface area contributed by atoms with Crippen LogP contribution in [-0.4, -0.2) is 19.2 Å². The van der Waals surface area contributed by atoms with Crippen LogP contribution in [0.5, 0.6) is 0 Å². The summed E-state index contributed by atoms with van der Waals surface area (Å²) in [6.07, 6.45) is 2.61. The first-order chi connectivity index (χ1) is 9.52. The number of rotatable bonds is 9. The molecule has 0 saturated heterocycles. The predicted molar refractivity (Wildman–Crippen MR) is 87.1 cm³/mol. The average molecular weight is 277 g/mol. The standard InChI is InChI=1S/C18H31NO/c1-6-8-16(5)13-20-18(12-19-14(2)3)17-10-7-9-15(4)11-17/h7,9-11,14,16,18-19H,6,8,12-13H2,1-5H3. The largest absolute Gasteiger partial charge is 0.372 e. The molecule has 0 radical (unpaired) electrons. The van der Waals surface area contributed by atoms with Crippen LogP contribution in [0, 0.1) is 12.8 Å². The summed E-state index contributed by atoms with van der Waals surface area (Å²) in [6.45, 7) is 12.7. The fourth-order valence-corrected chi connectivity index (χ4v) is 2.34. The third-order valence-corrected chi connectivity index (χ3v) is 3.49. The van der Waals surface area contributed by atoms with E-state index in [1.165, 1.54) is 24.0 Å². The van der Waals surface area contributed by atoms with Gasteiger partial charge in [-0.05, 0) is 24.8 Å². The van der Waals surface area contributed by atoms with Gasteiger partial charge in [-0.2, -0.15) is 0 Å². The minimum atomic E-state index is 0.150. The van der Waals surface area contributed by atoms with E-state index in [0.29, 0.717) is 12.0 Å². The van der Waals surface area contributed by atoms with Gasteiger partial charge in [0.15, 0.2) is 0 Å². The van der Waals surface area contributed by atoms with E-state index >= 15 is 0 Å². The highest BCUT2D eigenvalue weighted by atomic mass is 16.5. The Morgan fingerprint density at radius 2 is 1.95 bits per heavy atom. The highest BCUT2D eigenvalue weighted by Gasteiger charge is 2.14. The van der Waals surface area contributed by atoms with E-state index in [9.17, 15) is 0 Å². The van der Waals surface area contributed by atoms with Crippen molar-refractivity contribution in [2.45, 2.75) is 59.6 Å². The lowest BCUT2D eigenvalue weighted by molar-refractivity contribution is 0.0289. The molecular formula is C18H31NO. The van der Waals surface area contributed by atoms with Crippen LogP contribution in [0.4, 0.5) is 0 Å². The Kier molecular flexibility index (Phi) is 7.86. The lowest BCUT2D eigenvalue weighted by Gasteiger charge is -2.22. The van der Waals surface area contributed by atoms with E-state index in [4.69, 9.17) is 4.74 Å². The van der Waals surface area contributed by atoms with E-state index in [1.807, 2.05) is 0 Å². The average Bonchev–Trinajstić information content (AvgIpc) is 2.38. The molecule has 0 aliphatic heterocycles. The molecule has 1 rings (SSSR count). The molecule has 0 aromatic heterocycles. The molecule has 0 amide bonds. The summed E-state index contributed by atoms with van der Waals surface area (Å²) in [5.74, 6) is 0.631. The fourth-order valence-electron chi connectivity index (χ4n) is 2.34. The van der Waals surface area contributed by atoms with Gasteiger partial charge in [-0.3, -0.25) is 0 Å². The van der Waals surface area contributed by atoms with Gasteiger partial charge in [-0.25, -0.2) is 0 Å². The zero-order valence-electron chi connectivity index (χ0n) is 13.8. The van der Waals surface area contributed by atoms with Crippen LogP contribution in [0.1, 0.15) is 57.8 Å². The SMILES string of the molecule is CCCC(C)COC(CNC(C)C)c1cccc(C)c1. The van der Waals surface area contributed by atoms with Crippen molar-refractivity contribution in [3.63, 3.8) is 0 Å². The van der Waals surface area contributed by atoms with Crippen LogP contribution in [0.25, 0.3) is 0 Å². The second-order valence-corrected chi connectivity index (χ2v) is 6.19. The maximum Gasteiger partial charge on any atom is 0.0949 e. The molecule has 0 bridgehead atoms. The summed E-state index contributed by atoms with van der Waals surface area (Å²) in [5.41, 5.74) is 2.57. The Balaban J connectivity index is 2.64. The molecule has 0 aliphatic carbocycles. The van der Waals surface area contributed by atoms with Crippen molar-refractivity contribution in [2.75, 3.05) is 13.2 Å². The summed E-state index contributed by atoms with van der Waals surface area (Å²) in [5, 5.41) is 3.49. The Morgan fingerprint density at radius 1 is 1.20 bits per heavy atom. The minimum absolute atomic E-state index is 0.150. The van der Waals surface area contributed by atoms with E-state index in [-0.39, 0.29) is 6.10 Å². The summed E-state index contributed by atoms with van der Waals surface area (Å²) in [6, 6.07) is 9.14. The van der Waals surface area contributed by atoms with Gasteiger partial charge in [-0.15, -0.1) is 0 Å². The van der Waals surface area contributed by atoms with Crippen molar-refractivity contribution in [1.82, 2.24) is 5.32 Å². The summed E-state index contributed by atoms with van der Waals surface area (Å²) in [4.78, 5) is 0. The summed E-state index contributed by atoms with van der Waals surface area (Å²) in [7, 11) is 0. The molecule has 2 nitrogen and oxygen atoms in total. The molecule has 0 aliphatic rings. The number of hydrogen-bond acceptors (Lipinski definition) is 2. The molecule has 20 heavy (non-hydrogen) atoms. The van der Waals surface area contributed by atoms with Gasteiger partial charge in [-0.1, -0.05) is 63.9 Å². The van der Waals surface area contributed by atoms with E-state index in [0.717, 1.165) is 13.2 Å². The smallest absolute Gasteiger partial charge is 0.0949 e. The number of nitrogens with one attached hydrogen (secondary N) is 1. The Labute approximate surface area is 124 Å². The highest BCUT2D eigenvalue weighted by molar-refractivity contribution is 5.24. The van der Waals surface area contributed by atoms with Gasteiger partial charge in [0.05, 0.1) is 12.7 Å². The van der Waals surface area contributed by atoms with Crippen molar-refractivity contribution in [1.29, 1.82) is 0 Å². The van der Waals surface area contributed by atoms with E-state index < -0.39 is 0 Å². The number of benzene rings is 1. The second kappa shape index (κ2) is 9.15. The molecular weight excluding hydrogens is 246 g/mol. The molecule has 0 heterocycles. The predicted octanol–water partition coefficient (Wildman–Crippen LogP) is 4.49. The van der Waals surface area contributed by atoms with Crippen molar-refractivity contribution in [3.8, 4) is 0 Å². The van der Waals surface area contributed by atoms with Gasteiger partial charge in [0.25, 0.3) is 0 Å². The van der Waals surface area contributed by atoms with Crippen LogP contribution in [-0.2, 0) is 4.74 Å². The topological polar surface area (TPSA) is 21.3 Å². The molecule has 0 spiro atoms. The zero-order chi connectivity index (χ0) is 15.0. The minimum Gasteiger partial charge on any atom is -0.372 e. The third kappa shape index (κ3) is 6.53. The van der Waals surface area contributed by atoms with Gasteiger partial charge in [0.1, 0.15) is 0 Å². The first-order valence-electron chi connectivity index (χ1n) is 7.94. The van der Waals surface area contributed by atoms with Crippen LogP contribution in [0.3, 0.4) is 0 Å². The van der Waals surface area contributed by atoms with Crippen molar-refractivity contribution < 1.29 is 4.74 Å². The van der Waals surface area contributed by atoms with Crippen molar-refractivity contribution >= 4 is 0 Å². The fraction of sp³-hybridized carbons (Fsp3) is 0.667. The van der Waals surface area contributed by atoms with E-state index in [1.54, 1.807) is 0 Å². The highest BCUT2D eigenvalue weighted by Crippen LogP contribution is 2.20. The van der Waals surface area contributed by atoms with Gasteiger partial charge in [0, 0.05) is 12.6 Å². The van der Waals surface area contributed by atoms with Crippen molar-refractivity contribution in [2.24, 2.45) is 5.92 Å². The molecule has 1 aromatic rings. The summed E-state index contributed by atoms with van der Waals surface area (Å²) >= 11 is 0. The van der Waals surface area contributed by atoms with Crippen LogP contribution in [0.2, 0.25) is 0 Å². The van der Waals surface area contributed by atoms with Crippen LogP contribution in [0.15, 0.2) is 24.3 Å². The molecule has 2 atom stereocenters. The molecule has 1 aromatic carbocycles. The normalized spacial score (nSPS) is 14.5. The third-order valence-electron chi connectivity index (χ3n) is 3.49. The van der Waals surface area contributed by atoms with Crippen LogP contribution >= 0.6 is 0 Å². The first kappa shape index (κ1) is 17.2. The quantitative estimate of drug-likeness (QED) is 0.718.